The Kier molecular flexibility index (Phi) is 78.1. The fourth-order valence-corrected chi connectivity index (χ4v) is 11.4. The van der Waals surface area contributed by atoms with Crippen LogP contribution in [-0.2, 0) is 6.42 Å². The van der Waals surface area contributed by atoms with Crippen LogP contribution in [-0.4, -0.2) is 0 Å². The molecular weight excluding hydrogens is 1070 g/mol. The Morgan fingerprint density at radius 1 is 0.337 bits per heavy atom. The second-order valence-corrected chi connectivity index (χ2v) is 24.6. The van der Waals surface area contributed by atoms with Crippen LogP contribution in [0.5, 0.6) is 0 Å². The molecule has 6 aromatic rings. The maximum atomic E-state index is 2.46. The lowest BCUT2D eigenvalue weighted by molar-refractivity contribution is 0.0581. The van der Waals surface area contributed by atoms with Crippen molar-refractivity contribution in [2.24, 2.45) is 40.4 Å². The Labute approximate surface area is 561 Å². The van der Waals surface area contributed by atoms with Gasteiger partial charge in [0.05, 0.1) is 0 Å². The molecule has 0 nitrogen and oxygen atoms in total. The third-order valence-electron chi connectivity index (χ3n) is 15.3. The highest BCUT2D eigenvalue weighted by Gasteiger charge is 2.38. The molecule has 0 N–H and O–H groups in total. The SMILES string of the molecule is CC.CC.CC.CC.CC.CC.CC1CCC(CC2CCC(C)CC2)CC1.CCC.CCC.CCC1(C)CC(C)CC(C)(C)C1.CCCCCCCC.Cc1ccccc1.c1ccc(Cc2ccccc2)cc1.c1ccc2ccccc2c1.c1ccccc1. The summed E-state index contributed by atoms with van der Waals surface area (Å²) in [5, 5.41) is 2.62. The molecule has 2 atom stereocenters. The van der Waals surface area contributed by atoms with Crippen molar-refractivity contribution in [3.8, 4) is 0 Å². The lowest BCUT2D eigenvalue weighted by atomic mass is 9.60. The van der Waals surface area contributed by atoms with Crippen molar-refractivity contribution >= 4 is 10.8 Å². The standard InChI is InChI=1S/C15H28.C13H12.C12H24.C10H8.C8H18.C7H8.C6H6.2C3H8.6C2H6/c1-12-3-7-14(8-4-12)11-15-9-5-13(2)6-10-15;1-3-7-12(8-4-1)11-13-9-5-2-6-10-13;1-6-12(5)8-10(2)7-11(3,4)9-12;1-2-6-10-8-4-3-7-9(10)5-1;1-3-5-7-8-6-4-2;1-7-5-3-2-4-6-7;1-2-4-6-5-3-1;2*1-3-2;6*1-2/h12-15H,3-11H2,1-2H3;1-10H,11H2;10H,6-9H2,1-5H3;1-8H;3-8H2,1-2H3;2-6H,1H3;1-6H;2*3H2,1-2H3;6*1-2H3. The number of benzene rings is 6. The highest BCUT2D eigenvalue weighted by atomic mass is 14.4. The van der Waals surface area contributed by atoms with Crippen LogP contribution in [0.1, 0.15) is 325 Å². The van der Waals surface area contributed by atoms with Gasteiger partial charge in [-0.3, -0.25) is 0 Å². The maximum Gasteiger partial charge on any atom is -0.00258 e. The maximum absolute atomic E-state index is 2.46. The summed E-state index contributed by atoms with van der Waals surface area (Å²) < 4.78 is 0. The van der Waals surface area contributed by atoms with Crippen LogP contribution in [0.3, 0.4) is 0 Å². The summed E-state index contributed by atoms with van der Waals surface area (Å²) in [6.45, 7) is 56.0. The summed E-state index contributed by atoms with van der Waals surface area (Å²) >= 11 is 0. The normalized spacial score (nSPS) is 18.2. The van der Waals surface area contributed by atoms with Crippen LogP contribution in [0.15, 0.2) is 176 Å². The Bertz CT molecular complexity index is 1960. The predicted octanol–water partition coefficient (Wildman–Crippen LogP) is 31.4. The molecule has 3 fully saturated rings. The molecule has 0 heterocycles. The summed E-state index contributed by atoms with van der Waals surface area (Å²) in [5.41, 5.74) is 5.27. The van der Waals surface area contributed by atoms with Gasteiger partial charge in [-0.05, 0) is 101 Å². The molecule has 2 unspecified atom stereocenters. The predicted molar refractivity (Wildman–Crippen MR) is 418 cm³/mol. The van der Waals surface area contributed by atoms with Crippen LogP contribution in [0.4, 0.5) is 0 Å². The molecule has 3 saturated carbocycles. The molecule has 0 saturated heterocycles. The minimum atomic E-state index is 0.586. The molecule has 0 spiro atoms. The third-order valence-corrected chi connectivity index (χ3v) is 15.3. The summed E-state index contributed by atoms with van der Waals surface area (Å²) in [4.78, 5) is 0. The minimum absolute atomic E-state index is 0.586. The molecule has 3 aliphatic carbocycles. The quantitative estimate of drug-likeness (QED) is 0.120. The summed E-state index contributed by atoms with van der Waals surface area (Å²) in [5.74, 6) is 5.16. The smallest absolute Gasteiger partial charge is 0.00258 e. The molecular formula is C89H156. The third kappa shape index (κ3) is 60.9. The van der Waals surface area contributed by atoms with Crippen molar-refractivity contribution in [2.45, 2.75) is 321 Å². The highest BCUT2D eigenvalue weighted by Crippen LogP contribution is 2.50. The minimum Gasteiger partial charge on any atom is -0.0683 e. The van der Waals surface area contributed by atoms with Gasteiger partial charge >= 0.3 is 0 Å². The van der Waals surface area contributed by atoms with E-state index in [1.54, 1.807) is 6.42 Å². The molecule has 0 bridgehead atoms. The zero-order valence-electron chi connectivity index (χ0n) is 64.7. The first-order valence-corrected chi connectivity index (χ1v) is 37.7. The van der Waals surface area contributed by atoms with E-state index in [1.807, 2.05) is 138 Å². The van der Waals surface area contributed by atoms with E-state index in [1.165, 1.54) is 156 Å². The number of unbranched alkanes of at least 4 members (excludes halogenated alkanes) is 5. The zero-order chi connectivity index (χ0) is 68.8. The van der Waals surface area contributed by atoms with Crippen LogP contribution >= 0.6 is 0 Å². The first-order valence-electron chi connectivity index (χ1n) is 37.7. The monoisotopic (exact) mass is 1230 g/mol. The van der Waals surface area contributed by atoms with E-state index in [0.717, 1.165) is 36.0 Å². The number of fused-ring (bicyclic) bond motifs is 1. The summed E-state index contributed by atoms with van der Waals surface area (Å²) in [6, 6.07) is 60.0. The van der Waals surface area contributed by atoms with E-state index in [0.29, 0.717) is 10.8 Å². The lowest BCUT2D eigenvalue weighted by Crippen LogP contribution is -2.34. The first kappa shape index (κ1) is 95.7. The molecule has 512 valence electrons. The summed E-state index contributed by atoms with van der Waals surface area (Å²) in [7, 11) is 0. The fourth-order valence-electron chi connectivity index (χ4n) is 11.4. The Morgan fingerprint density at radius 3 is 0.854 bits per heavy atom. The van der Waals surface area contributed by atoms with E-state index in [2.05, 4.69) is 218 Å². The van der Waals surface area contributed by atoms with Gasteiger partial charge in [-0.1, -0.05) is 464 Å². The average molecular weight is 1230 g/mol. The highest BCUT2D eigenvalue weighted by molar-refractivity contribution is 5.82. The molecule has 9 rings (SSSR count). The van der Waals surface area contributed by atoms with Gasteiger partial charge in [0.25, 0.3) is 0 Å². The Balaban J connectivity index is -0.000000219. The molecule has 0 heteroatoms. The van der Waals surface area contributed by atoms with E-state index < -0.39 is 0 Å². The number of rotatable bonds is 10. The van der Waals surface area contributed by atoms with Crippen molar-refractivity contribution in [3.05, 3.63) is 193 Å². The summed E-state index contributed by atoms with van der Waals surface area (Å²) in [6.07, 6.45) is 31.4. The van der Waals surface area contributed by atoms with Gasteiger partial charge in [-0.15, -0.1) is 0 Å². The second kappa shape index (κ2) is 72.6. The van der Waals surface area contributed by atoms with Crippen molar-refractivity contribution < 1.29 is 0 Å². The molecule has 0 aromatic heterocycles. The van der Waals surface area contributed by atoms with Gasteiger partial charge in [0.15, 0.2) is 0 Å². The largest absolute Gasteiger partial charge is 0.0683 e. The fraction of sp³-hybridized carbons (Fsp3) is 0.618. The van der Waals surface area contributed by atoms with Crippen molar-refractivity contribution in [1.82, 2.24) is 0 Å². The molecule has 0 amide bonds. The number of hydrogen-bond acceptors (Lipinski definition) is 0. The number of hydrogen-bond donors (Lipinski definition) is 0. The van der Waals surface area contributed by atoms with Crippen LogP contribution in [0.25, 0.3) is 10.8 Å². The van der Waals surface area contributed by atoms with Crippen molar-refractivity contribution in [3.63, 3.8) is 0 Å². The van der Waals surface area contributed by atoms with E-state index in [-0.39, 0.29) is 0 Å². The molecule has 6 aromatic carbocycles. The zero-order valence-corrected chi connectivity index (χ0v) is 64.7. The number of aryl methyl sites for hydroxylation is 1. The van der Waals surface area contributed by atoms with Crippen molar-refractivity contribution in [2.75, 3.05) is 0 Å². The van der Waals surface area contributed by atoms with Gasteiger partial charge in [0.1, 0.15) is 0 Å². The molecule has 89 heavy (non-hydrogen) atoms. The van der Waals surface area contributed by atoms with Crippen LogP contribution in [0.2, 0.25) is 0 Å². The van der Waals surface area contributed by atoms with Crippen molar-refractivity contribution in [1.29, 1.82) is 0 Å². The Morgan fingerprint density at radius 2 is 0.607 bits per heavy atom. The molecule has 0 radical (unpaired) electrons. The molecule has 0 aliphatic heterocycles. The lowest BCUT2D eigenvalue weighted by Gasteiger charge is -2.45. The van der Waals surface area contributed by atoms with Crippen LogP contribution < -0.4 is 0 Å². The Hall–Kier alpha value is -4.42. The van der Waals surface area contributed by atoms with Gasteiger partial charge in [-0.2, -0.15) is 0 Å². The van der Waals surface area contributed by atoms with Gasteiger partial charge in [0, 0.05) is 0 Å². The topological polar surface area (TPSA) is 0 Å². The van der Waals surface area contributed by atoms with E-state index in [9.17, 15) is 0 Å². The van der Waals surface area contributed by atoms with E-state index >= 15 is 0 Å². The van der Waals surface area contributed by atoms with Gasteiger partial charge < -0.3 is 0 Å². The van der Waals surface area contributed by atoms with Gasteiger partial charge in [0.2, 0.25) is 0 Å². The van der Waals surface area contributed by atoms with E-state index in [4.69, 9.17) is 0 Å². The van der Waals surface area contributed by atoms with Crippen LogP contribution in [0, 0.1) is 47.3 Å². The molecule has 3 aliphatic rings. The average Bonchev–Trinajstić information content (AvgIpc) is 3.78. The van der Waals surface area contributed by atoms with Gasteiger partial charge in [-0.25, -0.2) is 0 Å². The second-order valence-electron chi connectivity index (χ2n) is 24.6. The first-order chi connectivity index (χ1) is 43.2.